The second-order valence-corrected chi connectivity index (χ2v) is 8.37. The zero-order chi connectivity index (χ0) is 20.6. The van der Waals surface area contributed by atoms with Crippen LogP contribution in [0.25, 0.3) is 0 Å². The van der Waals surface area contributed by atoms with Crippen LogP contribution in [-0.2, 0) is 33.5 Å². The molecule has 1 aromatic carbocycles. The first-order chi connectivity index (χ1) is 13.9. The van der Waals surface area contributed by atoms with Crippen molar-refractivity contribution >= 4 is 28.0 Å². The Morgan fingerprint density at radius 2 is 2.10 bits per heavy atom. The van der Waals surface area contributed by atoms with Gasteiger partial charge >= 0.3 is 12.1 Å². The summed E-state index contributed by atoms with van der Waals surface area (Å²) in [6.45, 7) is 0.259. The number of carbonyl (C=O) groups is 2. The van der Waals surface area contributed by atoms with Crippen LogP contribution in [0.15, 0.2) is 41.1 Å². The minimum atomic E-state index is -1.03. The van der Waals surface area contributed by atoms with E-state index in [1.165, 1.54) is 0 Å². The second kappa shape index (κ2) is 7.79. The number of likely N-dealkylation sites (tertiary alicyclic amines) is 1. The molecule has 0 radical (unpaired) electrons. The van der Waals surface area contributed by atoms with Crippen LogP contribution >= 0.6 is 15.9 Å². The third kappa shape index (κ3) is 3.76. The van der Waals surface area contributed by atoms with Gasteiger partial charge in [-0.2, -0.15) is 0 Å². The van der Waals surface area contributed by atoms with Crippen LogP contribution < -0.4 is 0 Å². The Kier molecular flexibility index (Phi) is 5.35. The van der Waals surface area contributed by atoms with Crippen LogP contribution in [0.2, 0.25) is 0 Å². The molecule has 2 heterocycles. The van der Waals surface area contributed by atoms with Gasteiger partial charge in [0.25, 0.3) is 0 Å². The first-order valence-corrected chi connectivity index (χ1v) is 10.2. The smallest absolute Gasteiger partial charge is 0.410 e. The normalized spacial score (nSPS) is 25.4. The van der Waals surface area contributed by atoms with Gasteiger partial charge in [0.1, 0.15) is 29.2 Å². The predicted molar refractivity (Wildman–Crippen MR) is 106 cm³/mol. The predicted octanol–water partition coefficient (Wildman–Crippen LogP) is 2.91. The highest BCUT2D eigenvalue weighted by molar-refractivity contribution is 9.10. The molecule has 1 N–H and O–H groups in total. The number of imidazole rings is 1. The Balaban J connectivity index is 1.49. The van der Waals surface area contributed by atoms with E-state index >= 15 is 0 Å². The molecule has 4 rings (SSSR count). The number of benzene rings is 1. The summed E-state index contributed by atoms with van der Waals surface area (Å²) in [6, 6.07) is 9.46. The van der Waals surface area contributed by atoms with Crippen molar-refractivity contribution in [2.24, 2.45) is 13.0 Å². The lowest BCUT2D eigenvalue weighted by Gasteiger charge is -2.40. The molecular weight excluding hydrogens is 442 g/mol. The number of rotatable bonds is 6. The molecule has 2 aliphatic rings. The van der Waals surface area contributed by atoms with Crippen LogP contribution in [0.5, 0.6) is 0 Å². The molecule has 8 nitrogen and oxygen atoms in total. The highest BCUT2D eigenvalue weighted by Gasteiger charge is 2.59. The van der Waals surface area contributed by atoms with E-state index in [0.29, 0.717) is 23.4 Å². The molecule has 2 fully saturated rings. The van der Waals surface area contributed by atoms with Crippen molar-refractivity contribution in [1.82, 2.24) is 14.5 Å². The van der Waals surface area contributed by atoms with Crippen molar-refractivity contribution in [2.75, 3.05) is 13.2 Å². The van der Waals surface area contributed by atoms with Crippen molar-refractivity contribution in [3.8, 4) is 0 Å². The molecule has 3 unspecified atom stereocenters. The van der Waals surface area contributed by atoms with E-state index < -0.39 is 18.2 Å². The number of ether oxygens (including phenoxy) is 2. The standard InChI is InChI=1S/C20H22BrN3O5/c1-23-10-16(21)22-18(23)20(29-12-17(25)26)8-15-7-14(20)9-24(15)19(27)28-11-13-5-3-2-4-6-13/h2-6,10,14-15H,7-9,11-12H2,1H3,(H,25,26). The number of carboxylic acids is 1. The fourth-order valence-electron chi connectivity index (χ4n) is 4.52. The van der Waals surface area contributed by atoms with Crippen LogP contribution in [0.4, 0.5) is 4.79 Å². The highest BCUT2D eigenvalue weighted by Crippen LogP contribution is 2.52. The van der Waals surface area contributed by atoms with Gasteiger partial charge in [0.2, 0.25) is 0 Å². The molecule has 1 saturated heterocycles. The van der Waals surface area contributed by atoms with Gasteiger partial charge in [-0.3, -0.25) is 0 Å². The van der Waals surface area contributed by atoms with Crippen LogP contribution in [0.3, 0.4) is 0 Å². The lowest BCUT2D eigenvalue weighted by atomic mass is 9.87. The minimum Gasteiger partial charge on any atom is -0.480 e. The second-order valence-electron chi connectivity index (χ2n) is 7.55. The molecule has 1 aliphatic carbocycles. The number of hydrogen-bond acceptors (Lipinski definition) is 5. The van der Waals surface area contributed by atoms with Gasteiger partial charge in [0.15, 0.2) is 0 Å². The van der Waals surface area contributed by atoms with Crippen molar-refractivity contribution < 1.29 is 24.2 Å². The van der Waals surface area contributed by atoms with Gasteiger partial charge in [-0.15, -0.1) is 0 Å². The van der Waals surface area contributed by atoms with Gasteiger partial charge in [-0.05, 0) is 27.9 Å². The number of fused-ring (bicyclic) bond motifs is 2. The van der Waals surface area contributed by atoms with E-state index in [-0.39, 0.29) is 24.7 Å². The molecule has 1 saturated carbocycles. The van der Waals surface area contributed by atoms with Crippen LogP contribution in [-0.4, -0.2) is 50.8 Å². The van der Waals surface area contributed by atoms with E-state index in [1.807, 2.05) is 48.1 Å². The minimum absolute atomic E-state index is 0.0517. The molecule has 1 amide bonds. The Bertz CT molecular complexity index is 918. The van der Waals surface area contributed by atoms with Crippen molar-refractivity contribution in [3.05, 3.63) is 52.5 Å². The Hall–Kier alpha value is -2.39. The molecule has 2 bridgehead atoms. The monoisotopic (exact) mass is 463 g/mol. The van der Waals surface area contributed by atoms with E-state index in [0.717, 1.165) is 12.0 Å². The molecule has 1 aromatic heterocycles. The molecule has 0 spiro atoms. The summed E-state index contributed by atoms with van der Waals surface area (Å²) < 4.78 is 13.9. The number of amides is 1. The van der Waals surface area contributed by atoms with Crippen molar-refractivity contribution in [3.63, 3.8) is 0 Å². The molecule has 29 heavy (non-hydrogen) atoms. The lowest BCUT2D eigenvalue weighted by molar-refractivity contribution is -0.158. The summed E-state index contributed by atoms with van der Waals surface area (Å²) >= 11 is 3.38. The van der Waals surface area contributed by atoms with Crippen molar-refractivity contribution in [2.45, 2.75) is 31.1 Å². The maximum Gasteiger partial charge on any atom is 0.410 e. The molecule has 2 aromatic rings. The van der Waals surface area contributed by atoms with Gasteiger partial charge in [0, 0.05) is 38.2 Å². The third-order valence-corrected chi connectivity index (χ3v) is 6.11. The third-order valence-electron chi connectivity index (χ3n) is 5.73. The molecular formula is C20H22BrN3O5. The number of carboxylic acid groups (broad SMARTS) is 1. The topological polar surface area (TPSA) is 93.9 Å². The van der Waals surface area contributed by atoms with Gasteiger partial charge in [-0.1, -0.05) is 30.3 Å². The van der Waals surface area contributed by atoms with E-state index in [4.69, 9.17) is 14.6 Å². The fourth-order valence-corrected chi connectivity index (χ4v) is 4.99. The number of hydrogen-bond donors (Lipinski definition) is 1. The number of nitrogens with zero attached hydrogens (tertiary/aromatic N) is 3. The average Bonchev–Trinajstić information content (AvgIpc) is 3.38. The number of carbonyl (C=O) groups excluding carboxylic acids is 1. The van der Waals surface area contributed by atoms with Gasteiger partial charge in [-0.25, -0.2) is 14.6 Å². The Morgan fingerprint density at radius 3 is 2.69 bits per heavy atom. The van der Waals surface area contributed by atoms with E-state index in [9.17, 15) is 9.59 Å². The van der Waals surface area contributed by atoms with Gasteiger partial charge < -0.3 is 24.0 Å². The van der Waals surface area contributed by atoms with Crippen molar-refractivity contribution in [1.29, 1.82) is 0 Å². The largest absolute Gasteiger partial charge is 0.480 e. The number of aliphatic carboxylic acids is 1. The maximum absolute atomic E-state index is 12.6. The van der Waals surface area contributed by atoms with Gasteiger partial charge in [0.05, 0.1) is 0 Å². The lowest BCUT2D eigenvalue weighted by Crippen LogP contribution is -2.49. The number of halogens is 1. The number of aryl methyl sites for hydroxylation is 1. The summed E-state index contributed by atoms with van der Waals surface area (Å²) in [5.41, 5.74) is 0.0993. The number of aromatic nitrogens is 2. The fraction of sp³-hybridized carbons (Fsp3) is 0.450. The summed E-state index contributed by atoms with van der Waals surface area (Å²) in [7, 11) is 1.86. The van der Waals surface area contributed by atoms with E-state index in [2.05, 4.69) is 20.9 Å². The van der Waals surface area contributed by atoms with Crippen LogP contribution in [0, 0.1) is 5.92 Å². The molecule has 9 heteroatoms. The van der Waals surface area contributed by atoms with E-state index in [1.54, 1.807) is 4.90 Å². The SMILES string of the molecule is Cn1cc(Br)nc1C1(OCC(=O)O)CC2CC1CN2C(=O)OCc1ccccc1. The Morgan fingerprint density at radius 1 is 1.34 bits per heavy atom. The number of piperidine rings is 1. The average molecular weight is 464 g/mol. The highest BCUT2D eigenvalue weighted by atomic mass is 79.9. The summed E-state index contributed by atoms with van der Waals surface area (Å²) in [5, 5.41) is 9.15. The first-order valence-electron chi connectivity index (χ1n) is 9.41. The summed E-state index contributed by atoms with van der Waals surface area (Å²) in [6.07, 6.45) is 2.68. The molecule has 1 aliphatic heterocycles. The quantitative estimate of drug-likeness (QED) is 0.707. The molecule has 3 atom stereocenters. The first kappa shape index (κ1) is 19.9. The molecule has 154 valence electrons. The Labute approximate surface area is 176 Å². The summed E-state index contributed by atoms with van der Waals surface area (Å²) in [5.74, 6) is -0.404. The van der Waals surface area contributed by atoms with Crippen LogP contribution in [0.1, 0.15) is 24.2 Å². The zero-order valence-electron chi connectivity index (χ0n) is 16.0. The maximum atomic E-state index is 12.6. The zero-order valence-corrected chi connectivity index (χ0v) is 17.5. The summed E-state index contributed by atoms with van der Waals surface area (Å²) in [4.78, 5) is 30.1.